The van der Waals surface area contributed by atoms with E-state index in [4.69, 9.17) is 0 Å². The van der Waals surface area contributed by atoms with Crippen LogP contribution in [0.2, 0.25) is 0 Å². The second-order valence-corrected chi connectivity index (χ2v) is 7.26. The van der Waals surface area contributed by atoms with Crippen LogP contribution in [0.25, 0.3) is 0 Å². The van der Waals surface area contributed by atoms with Gasteiger partial charge in [0.05, 0.1) is 0 Å². The summed E-state index contributed by atoms with van der Waals surface area (Å²) in [6.45, 7) is 9.45. The Balaban J connectivity index is 1.57. The monoisotopic (exact) mass is 286 g/mol. The molecular formula is C19H30N2. The zero-order valence-electron chi connectivity index (χ0n) is 13.8. The van der Waals surface area contributed by atoms with Crippen molar-refractivity contribution >= 4 is 0 Å². The molecular weight excluding hydrogens is 256 g/mol. The highest BCUT2D eigenvalue weighted by Gasteiger charge is 2.31. The van der Waals surface area contributed by atoms with E-state index >= 15 is 0 Å². The van der Waals surface area contributed by atoms with Gasteiger partial charge in [0.1, 0.15) is 0 Å². The van der Waals surface area contributed by atoms with Gasteiger partial charge >= 0.3 is 0 Å². The van der Waals surface area contributed by atoms with Crippen molar-refractivity contribution in [2.24, 2.45) is 0 Å². The van der Waals surface area contributed by atoms with E-state index in [2.05, 4.69) is 55.3 Å². The molecule has 3 unspecified atom stereocenters. The Hall–Kier alpha value is -0.860. The Morgan fingerprint density at radius 2 is 1.71 bits per heavy atom. The van der Waals surface area contributed by atoms with E-state index in [1.807, 2.05) is 0 Å². The maximum absolute atomic E-state index is 3.87. The van der Waals surface area contributed by atoms with Gasteiger partial charge < -0.3 is 10.2 Å². The first kappa shape index (κ1) is 15.1. The summed E-state index contributed by atoms with van der Waals surface area (Å²) >= 11 is 0. The van der Waals surface area contributed by atoms with Crippen molar-refractivity contribution < 1.29 is 0 Å². The van der Waals surface area contributed by atoms with Gasteiger partial charge in [-0.3, -0.25) is 0 Å². The third-order valence-electron chi connectivity index (χ3n) is 5.41. The molecule has 2 aliphatic heterocycles. The van der Waals surface area contributed by atoms with Crippen LogP contribution in [0.3, 0.4) is 0 Å². The summed E-state index contributed by atoms with van der Waals surface area (Å²) in [4.78, 5) is 2.69. The van der Waals surface area contributed by atoms with Crippen molar-refractivity contribution in [2.45, 2.75) is 70.5 Å². The van der Waals surface area contributed by atoms with Crippen molar-refractivity contribution in [3.05, 3.63) is 35.4 Å². The summed E-state index contributed by atoms with van der Waals surface area (Å²) in [5, 5.41) is 3.87. The molecule has 0 amide bonds. The Kier molecular flexibility index (Phi) is 4.66. The van der Waals surface area contributed by atoms with Crippen LogP contribution in [0.5, 0.6) is 0 Å². The number of hydrogen-bond donors (Lipinski definition) is 1. The van der Waals surface area contributed by atoms with Gasteiger partial charge in [0, 0.05) is 18.1 Å². The molecule has 1 aromatic carbocycles. The standard InChI is InChI=1S/C19H30N2/c1-14(2)16-6-8-17(9-7-16)15(3)20-18-10-12-21-11-4-5-19(21)13-18/h6-9,14-15,18-20H,4-5,10-13H2,1-3H3. The van der Waals surface area contributed by atoms with E-state index in [9.17, 15) is 0 Å². The van der Waals surface area contributed by atoms with Crippen molar-refractivity contribution in [3.8, 4) is 0 Å². The number of nitrogens with zero attached hydrogens (tertiary/aromatic N) is 1. The lowest BCUT2D eigenvalue weighted by Gasteiger charge is -2.36. The SMILES string of the molecule is CC(C)c1ccc(C(C)NC2CCN3CCCC3C2)cc1. The first-order valence-electron chi connectivity index (χ1n) is 8.73. The third kappa shape index (κ3) is 3.49. The molecule has 0 aromatic heterocycles. The van der Waals surface area contributed by atoms with Gasteiger partial charge in [0.2, 0.25) is 0 Å². The average molecular weight is 286 g/mol. The lowest BCUT2D eigenvalue weighted by atomic mass is 9.95. The number of fused-ring (bicyclic) bond motifs is 1. The zero-order chi connectivity index (χ0) is 14.8. The van der Waals surface area contributed by atoms with Gasteiger partial charge in [-0.25, -0.2) is 0 Å². The van der Waals surface area contributed by atoms with E-state index in [1.165, 1.54) is 49.9 Å². The fourth-order valence-electron chi connectivity index (χ4n) is 4.00. The van der Waals surface area contributed by atoms with Crippen molar-refractivity contribution in [3.63, 3.8) is 0 Å². The molecule has 2 fully saturated rings. The highest BCUT2D eigenvalue weighted by Crippen LogP contribution is 2.28. The second-order valence-electron chi connectivity index (χ2n) is 7.26. The first-order valence-corrected chi connectivity index (χ1v) is 8.73. The Bertz CT molecular complexity index is 451. The van der Waals surface area contributed by atoms with E-state index in [0.717, 1.165) is 6.04 Å². The minimum Gasteiger partial charge on any atom is -0.307 e. The molecule has 1 N–H and O–H groups in total. The predicted octanol–water partition coefficient (Wildman–Crippen LogP) is 4.09. The molecule has 1 aromatic rings. The summed E-state index contributed by atoms with van der Waals surface area (Å²) in [5.41, 5.74) is 2.86. The second kappa shape index (κ2) is 6.50. The summed E-state index contributed by atoms with van der Waals surface area (Å²) in [6, 6.07) is 11.2. The van der Waals surface area contributed by atoms with Crippen molar-refractivity contribution in [2.75, 3.05) is 13.1 Å². The van der Waals surface area contributed by atoms with E-state index in [0.29, 0.717) is 18.0 Å². The average Bonchev–Trinajstić information content (AvgIpc) is 2.95. The van der Waals surface area contributed by atoms with Gasteiger partial charge in [-0.1, -0.05) is 38.1 Å². The molecule has 0 spiro atoms. The molecule has 3 rings (SSSR count). The number of benzene rings is 1. The Labute approximate surface area is 129 Å². The molecule has 116 valence electrons. The van der Waals surface area contributed by atoms with Gasteiger partial charge in [-0.2, -0.15) is 0 Å². The molecule has 2 heterocycles. The van der Waals surface area contributed by atoms with Crippen LogP contribution in [0.15, 0.2) is 24.3 Å². The third-order valence-corrected chi connectivity index (χ3v) is 5.41. The number of nitrogens with one attached hydrogen (secondary N) is 1. The van der Waals surface area contributed by atoms with E-state index in [1.54, 1.807) is 0 Å². The molecule has 2 nitrogen and oxygen atoms in total. The minimum atomic E-state index is 0.462. The molecule has 2 aliphatic rings. The Morgan fingerprint density at radius 3 is 2.43 bits per heavy atom. The van der Waals surface area contributed by atoms with Crippen LogP contribution in [0, 0.1) is 0 Å². The lowest BCUT2D eigenvalue weighted by molar-refractivity contribution is 0.162. The molecule has 2 heteroatoms. The predicted molar refractivity (Wildman–Crippen MR) is 89.7 cm³/mol. The smallest absolute Gasteiger partial charge is 0.0294 e. The summed E-state index contributed by atoms with van der Waals surface area (Å²) in [7, 11) is 0. The quantitative estimate of drug-likeness (QED) is 0.897. The highest BCUT2D eigenvalue weighted by molar-refractivity contribution is 5.26. The van der Waals surface area contributed by atoms with Crippen LogP contribution in [-0.2, 0) is 0 Å². The zero-order valence-corrected chi connectivity index (χ0v) is 13.8. The topological polar surface area (TPSA) is 15.3 Å². The summed E-state index contributed by atoms with van der Waals surface area (Å²) in [6.07, 6.45) is 5.47. The number of hydrogen-bond acceptors (Lipinski definition) is 2. The van der Waals surface area contributed by atoms with Crippen LogP contribution in [0.1, 0.15) is 69.5 Å². The van der Waals surface area contributed by atoms with Crippen molar-refractivity contribution in [1.29, 1.82) is 0 Å². The molecule has 0 aliphatic carbocycles. The fourth-order valence-corrected chi connectivity index (χ4v) is 4.00. The molecule has 0 radical (unpaired) electrons. The molecule has 21 heavy (non-hydrogen) atoms. The number of rotatable bonds is 4. The van der Waals surface area contributed by atoms with E-state index in [-0.39, 0.29) is 0 Å². The highest BCUT2D eigenvalue weighted by atomic mass is 15.2. The minimum absolute atomic E-state index is 0.462. The van der Waals surface area contributed by atoms with Crippen LogP contribution < -0.4 is 5.32 Å². The molecule has 0 saturated carbocycles. The number of piperidine rings is 1. The van der Waals surface area contributed by atoms with Crippen molar-refractivity contribution in [1.82, 2.24) is 10.2 Å². The normalized spacial score (nSPS) is 27.8. The maximum Gasteiger partial charge on any atom is 0.0294 e. The largest absolute Gasteiger partial charge is 0.307 e. The maximum atomic E-state index is 3.87. The fraction of sp³-hybridized carbons (Fsp3) is 0.684. The lowest BCUT2D eigenvalue weighted by Crippen LogP contribution is -2.46. The summed E-state index contributed by atoms with van der Waals surface area (Å²) in [5.74, 6) is 0.619. The van der Waals surface area contributed by atoms with Crippen LogP contribution in [0.4, 0.5) is 0 Å². The van der Waals surface area contributed by atoms with Gasteiger partial charge in [-0.15, -0.1) is 0 Å². The molecule has 2 saturated heterocycles. The Morgan fingerprint density at radius 1 is 1.00 bits per heavy atom. The molecule has 3 atom stereocenters. The van der Waals surface area contributed by atoms with E-state index < -0.39 is 0 Å². The van der Waals surface area contributed by atoms with Crippen LogP contribution >= 0.6 is 0 Å². The summed E-state index contributed by atoms with van der Waals surface area (Å²) < 4.78 is 0. The van der Waals surface area contributed by atoms with Crippen LogP contribution in [-0.4, -0.2) is 30.1 Å². The molecule has 0 bridgehead atoms. The van der Waals surface area contributed by atoms with Gasteiger partial charge in [-0.05, 0) is 62.7 Å². The first-order chi connectivity index (χ1) is 10.1. The van der Waals surface area contributed by atoms with Gasteiger partial charge in [0.15, 0.2) is 0 Å². The van der Waals surface area contributed by atoms with Gasteiger partial charge in [0.25, 0.3) is 0 Å².